The summed E-state index contributed by atoms with van der Waals surface area (Å²) in [6.07, 6.45) is 0.688. The van der Waals surface area contributed by atoms with Crippen molar-refractivity contribution < 1.29 is 4.57 Å². The zero-order valence-electron chi connectivity index (χ0n) is 16.2. The average molecular weight is 375 g/mol. The first-order valence-electron chi connectivity index (χ1n) is 9.24. The molecule has 0 bridgehead atoms. The minimum Gasteiger partial charge on any atom is -0.288 e. The molecule has 0 aliphatic rings. The Bertz CT molecular complexity index is 898. The monoisotopic (exact) mass is 375 g/mol. The summed E-state index contributed by atoms with van der Waals surface area (Å²) < 4.78 is 19.3. The maximum absolute atomic E-state index is 14.3. The molecule has 0 saturated heterocycles. The SMILES string of the molecule is CC(C)(C)/C(Cc1ccccc1)=N/P(=O)(c1ccccc1)c1ccccc1. The fraction of sp³-hybridized carbons (Fsp3) is 0.208. The first-order chi connectivity index (χ1) is 12.9. The Morgan fingerprint density at radius 2 is 1.15 bits per heavy atom. The van der Waals surface area contributed by atoms with Gasteiger partial charge in [0.15, 0.2) is 0 Å². The highest BCUT2D eigenvalue weighted by Gasteiger charge is 2.30. The summed E-state index contributed by atoms with van der Waals surface area (Å²) in [7, 11) is -3.13. The molecule has 0 aromatic heterocycles. The van der Waals surface area contributed by atoms with Gasteiger partial charge < -0.3 is 0 Å². The molecular formula is C24H26NOP. The highest BCUT2D eigenvalue weighted by atomic mass is 31.2. The summed E-state index contributed by atoms with van der Waals surface area (Å²) >= 11 is 0. The van der Waals surface area contributed by atoms with Crippen molar-refractivity contribution >= 4 is 23.6 Å². The van der Waals surface area contributed by atoms with Gasteiger partial charge in [-0.1, -0.05) is 87.5 Å². The molecule has 27 heavy (non-hydrogen) atoms. The normalized spacial score (nSPS) is 12.8. The van der Waals surface area contributed by atoms with Crippen LogP contribution in [0.15, 0.2) is 95.8 Å². The largest absolute Gasteiger partial charge is 0.288 e. The molecule has 3 aromatic rings. The van der Waals surface area contributed by atoms with Gasteiger partial charge in [-0.15, -0.1) is 0 Å². The van der Waals surface area contributed by atoms with Crippen molar-refractivity contribution in [1.29, 1.82) is 0 Å². The van der Waals surface area contributed by atoms with Gasteiger partial charge in [-0.05, 0) is 29.8 Å². The summed E-state index contributed by atoms with van der Waals surface area (Å²) in [6.45, 7) is 6.40. The second kappa shape index (κ2) is 8.06. The van der Waals surface area contributed by atoms with Gasteiger partial charge in [-0.2, -0.15) is 0 Å². The van der Waals surface area contributed by atoms with Crippen LogP contribution in [0.1, 0.15) is 26.3 Å². The highest BCUT2D eigenvalue weighted by Crippen LogP contribution is 2.46. The lowest BCUT2D eigenvalue weighted by Crippen LogP contribution is -2.25. The predicted molar refractivity (Wildman–Crippen MR) is 117 cm³/mol. The Morgan fingerprint density at radius 1 is 0.741 bits per heavy atom. The van der Waals surface area contributed by atoms with Crippen molar-refractivity contribution in [2.24, 2.45) is 10.2 Å². The van der Waals surface area contributed by atoms with Gasteiger partial charge in [0.1, 0.15) is 0 Å². The number of hydrogen-bond acceptors (Lipinski definition) is 1. The molecule has 0 spiro atoms. The molecule has 3 aromatic carbocycles. The molecule has 3 heteroatoms. The van der Waals surface area contributed by atoms with Gasteiger partial charge in [0.05, 0.1) is 0 Å². The lowest BCUT2D eigenvalue weighted by molar-refractivity contribution is 0.574. The third-order valence-electron chi connectivity index (χ3n) is 4.55. The van der Waals surface area contributed by atoms with Crippen LogP contribution in [0.2, 0.25) is 0 Å². The minimum absolute atomic E-state index is 0.185. The average Bonchev–Trinajstić information content (AvgIpc) is 2.69. The smallest absolute Gasteiger partial charge is 0.247 e. The topological polar surface area (TPSA) is 29.4 Å². The van der Waals surface area contributed by atoms with Crippen LogP contribution in [0.5, 0.6) is 0 Å². The molecule has 0 unspecified atom stereocenters. The van der Waals surface area contributed by atoms with Crippen LogP contribution in [0, 0.1) is 5.41 Å². The van der Waals surface area contributed by atoms with Crippen LogP contribution in [0.25, 0.3) is 0 Å². The van der Waals surface area contributed by atoms with Crippen LogP contribution in [0.4, 0.5) is 0 Å². The molecule has 0 atom stereocenters. The fourth-order valence-electron chi connectivity index (χ4n) is 2.93. The second-order valence-corrected chi connectivity index (χ2v) is 10.1. The van der Waals surface area contributed by atoms with E-state index < -0.39 is 7.29 Å². The zero-order chi connectivity index (χ0) is 19.3. The summed E-state index contributed by atoms with van der Waals surface area (Å²) in [5.41, 5.74) is 1.94. The van der Waals surface area contributed by atoms with Crippen LogP contribution in [0.3, 0.4) is 0 Å². The molecule has 0 amide bonds. The van der Waals surface area contributed by atoms with Gasteiger partial charge in [-0.25, -0.2) is 4.76 Å². The summed E-state index contributed by atoms with van der Waals surface area (Å²) in [5, 5.41) is 1.54. The van der Waals surface area contributed by atoms with Crippen LogP contribution >= 0.6 is 7.29 Å². The second-order valence-electron chi connectivity index (χ2n) is 7.71. The molecule has 138 valence electrons. The third-order valence-corrected chi connectivity index (χ3v) is 7.07. The molecule has 2 nitrogen and oxygen atoms in total. The van der Waals surface area contributed by atoms with Crippen molar-refractivity contribution in [3.05, 3.63) is 96.6 Å². The Kier molecular flexibility index (Phi) is 5.77. The van der Waals surface area contributed by atoms with Gasteiger partial charge in [0.25, 0.3) is 0 Å². The van der Waals surface area contributed by atoms with Crippen LogP contribution in [-0.2, 0) is 11.0 Å². The summed E-state index contributed by atoms with van der Waals surface area (Å²) in [5.74, 6) is 0. The molecule has 0 aliphatic carbocycles. The molecule has 0 N–H and O–H groups in total. The maximum Gasteiger partial charge on any atom is 0.247 e. The van der Waals surface area contributed by atoms with E-state index in [2.05, 4.69) is 32.9 Å². The number of rotatable bonds is 5. The number of benzene rings is 3. The van der Waals surface area contributed by atoms with Crippen molar-refractivity contribution in [3.63, 3.8) is 0 Å². The zero-order valence-corrected chi connectivity index (χ0v) is 17.1. The molecule has 0 saturated carbocycles. The molecule has 0 radical (unpaired) electrons. The van der Waals surface area contributed by atoms with E-state index in [1.165, 1.54) is 5.56 Å². The van der Waals surface area contributed by atoms with Gasteiger partial charge in [-0.3, -0.25) is 4.57 Å². The summed E-state index contributed by atoms with van der Waals surface area (Å²) in [6, 6.07) is 29.5. The minimum atomic E-state index is -3.13. The Balaban J connectivity index is 2.16. The Labute approximate surface area is 162 Å². The van der Waals surface area contributed by atoms with Crippen LogP contribution in [-0.4, -0.2) is 5.71 Å². The van der Waals surface area contributed by atoms with E-state index in [1.54, 1.807) is 0 Å². The van der Waals surface area contributed by atoms with E-state index >= 15 is 0 Å². The number of nitrogens with zero attached hydrogens (tertiary/aromatic N) is 1. The third kappa shape index (κ3) is 4.64. The molecular weight excluding hydrogens is 349 g/mol. The molecule has 3 rings (SSSR count). The highest BCUT2D eigenvalue weighted by molar-refractivity contribution is 7.77. The number of hydrogen-bond donors (Lipinski definition) is 0. The first-order valence-corrected chi connectivity index (χ1v) is 10.9. The lowest BCUT2D eigenvalue weighted by atomic mass is 9.86. The standard InChI is InChI=1S/C24H26NOP/c1-24(2,3)23(19-20-13-7-4-8-14-20)25-27(26,21-15-9-5-10-16-21)22-17-11-6-12-18-22/h4-18H,19H2,1-3H3/b25-23+. The van der Waals surface area contributed by atoms with E-state index in [0.717, 1.165) is 16.3 Å². The summed E-state index contributed by atoms with van der Waals surface area (Å²) in [4.78, 5) is 0. The maximum atomic E-state index is 14.3. The van der Waals surface area contributed by atoms with Crippen molar-refractivity contribution in [1.82, 2.24) is 0 Å². The van der Waals surface area contributed by atoms with E-state index in [0.29, 0.717) is 6.42 Å². The molecule has 0 fully saturated rings. The Morgan fingerprint density at radius 3 is 1.56 bits per heavy atom. The Hall–Kier alpha value is -2.44. The van der Waals surface area contributed by atoms with Gasteiger partial charge >= 0.3 is 0 Å². The van der Waals surface area contributed by atoms with Gasteiger partial charge in [0.2, 0.25) is 7.29 Å². The first kappa shape index (κ1) is 19.3. The van der Waals surface area contributed by atoms with E-state index in [1.807, 2.05) is 78.9 Å². The van der Waals surface area contributed by atoms with Crippen molar-refractivity contribution in [3.8, 4) is 0 Å². The molecule has 0 aliphatic heterocycles. The quantitative estimate of drug-likeness (QED) is 0.419. The van der Waals surface area contributed by atoms with Crippen molar-refractivity contribution in [2.75, 3.05) is 0 Å². The lowest BCUT2D eigenvalue weighted by Gasteiger charge is -2.25. The van der Waals surface area contributed by atoms with E-state index in [-0.39, 0.29) is 5.41 Å². The fourth-order valence-corrected chi connectivity index (χ4v) is 5.33. The van der Waals surface area contributed by atoms with E-state index in [4.69, 9.17) is 4.76 Å². The molecule has 0 heterocycles. The predicted octanol–water partition coefficient (Wildman–Crippen LogP) is 5.65. The van der Waals surface area contributed by atoms with E-state index in [9.17, 15) is 4.57 Å². The van der Waals surface area contributed by atoms with Crippen molar-refractivity contribution in [2.45, 2.75) is 27.2 Å². The van der Waals surface area contributed by atoms with Crippen LogP contribution < -0.4 is 10.6 Å². The van der Waals surface area contributed by atoms with Gasteiger partial charge in [0, 0.05) is 28.2 Å².